The van der Waals surface area contributed by atoms with E-state index in [1.54, 1.807) is 25.3 Å². The van der Waals surface area contributed by atoms with Gasteiger partial charge in [-0.1, -0.05) is 24.3 Å². The smallest absolute Gasteiger partial charge is 0.490 e. The number of aliphatic carboxylic acids is 2. The molecular weight excluding hydrogens is 680 g/mol. The summed E-state index contributed by atoms with van der Waals surface area (Å²) in [6.07, 6.45) is -4.51. The van der Waals surface area contributed by atoms with Crippen molar-refractivity contribution in [3.05, 3.63) is 89.4 Å². The quantitative estimate of drug-likeness (QED) is 0.181. The van der Waals surface area contributed by atoms with Crippen LogP contribution in [0.4, 0.5) is 26.3 Å². The summed E-state index contributed by atoms with van der Waals surface area (Å²) in [5.74, 6) is -3.44. The van der Waals surface area contributed by atoms with Crippen molar-refractivity contribution >= 4 is 17.8 Å². The Labute approximate surface area is 282 Å². The van der Waals surface area contributed by atoms with E-state index >= 15 is 0 Å². The Morgan fingerprint density at radius 1 is 0.800 bits per heavy atom. The predicted octanol–water partition coefficient (Wildman–Crippen LogP) is 5.91. The molecule has 2 saturated heterocycles. The molecule has 2 fully saturated rings. The lowest BCUT2D eigenvalue weighted by molar-refractivity contribution is -0.608. The van der Waals surface area contributed by atoms with Gasteiger partial charge in [-0.3, -0.25) is 9.69 Å². The molecule has 0 aliphatic carbocycles. The zero-order valence-electron chi connectivity index (χ0n) is 26.7. The number of rotatable bonds is 6. The lowest BCUT2D eigenvalue weighted by atomic mass is 9.71. The van der Waals surface area contributed by atoms with Crippen LogP contribution in [0.3, 0.4) is 0 Å². The van der Waals surface area contributed by atoms with Crippen LogP contribution in [-0.4, -0.2) is 83.5 Å². The van der Waals surface area contributed by atoms with Crippen LogP contribution in [0.2, 0.25) is 0 Å². The number of halogens is 6. The Balaban J connectivity index is 0.000000408. The van der Waals surface area contributed by atoms with Crippen molar-refractivity contribution in [1.29, 1.82) is 0 Å². The first-order valence-corrected chi connectivity index (χ1v) is 15.1. The summed E-state index contributed by atoms with van der Waals surface area (Å²) in [4.78, 5) is 34.9. The van der Waals surface area contributed by atoms with Gasteiger partial charge in [-0.25, -0.2) is 9.59 Å². The van der Waals surface area contributed by atoms with E-state index in [1.807, 2.05) is 41.3 Å². The fraction of sp³-hybridized carbons (Fsp3) is 0.394. The Bertz CT molecular complexity index is 1580. The molecule has 1 spiro atoms. The van der Waals surface area contributed by atoms with Crippen LogP contribution in [0.1, 0.15) is 41.7 Å². The van der Waals surface area contributed by atoms with E-state index in [0.29, 0.717) is 21.6 Å². The molecule has 50 heavy (non-hydrogen) atoms. The van der Waals surface area contributed by atoms with Crippen molar-refractivity contribution in [3.63, 3.8) is 0 Å². The number of carboxylic acid groups (broad SMARTS) is 2. The second-order valence-electron chi connectivity index (χ2n) is 11.5. The van der Waals surface area contributed by atoms with Gasteiger partial charge in [0.25, 0.3) is 5.69 Å². The highest BCUT2D eigenvalue weighted by atomic mass is 19.4. The van der Waals surface area contributed by atoms with Gasteiger partial charge < -0.3 is 29.8 Å². The van der Waals surface area contributed by atoms with E-state index in [1.165, 1.54) is 11.8 Å². The Kier molecular flexibility index (Phi) is 13.4. The molecule has 17 heteroatoms. The summed E-state index contributed by atoms with van der Waals surface area (Å²) >= 11 is 0. The first-order chi connectivity index (χ1) is 23.4. The molecule has 5 rings (SSSR count). The number of benzene rings is 2. The lowest BCUT2D eigenvalue weighted by Gasteiger charge is -2.46. The molecule has 1 amide bonds. The maximum Gasteiger partial charge on any atom is 0.490 e. The van der Waals surface area contributed by atoms with Crippen LogP contribution in [0, 0.1) is 10.6 Å². The molecule has 0 radical (unpaired) electrons. The monoisotopic (exact) mass is 715 g/mol. The zero-order chi connectivity index (χ0) is 37.1. The van der Waals surface area contributed by atoms with Gasteiger partial charge in [-0.05, 0) is 80.1 Å². The average molecular weight is 716 g/mol. The number of carbonyl (C=O) groups is 3. The highest BCUT2D eigenvalue weighted by molar-refractivity contribution is 5.91. The number of likely N-dealkylation sites (tertiary alicyclic amines) is 2. The van der Waals surface area contributed by atoms with E-state index in [9.17, 15) is 36.3 Å². The maximum absolute atomic E-state index is 12.8. The number of methoxy groups -OCH3 is 1. The molecule has 272 valence electrons. The van der Waals surface area contributed by atoms with Crippen molar-refractivity contribution in [1.82, 2.24) is 9.80 Å². The van der Waals surface area contributed by atoms with Crippen LogP contribution in [0.25, 0.3) is 0 Å². The molecule has 3 heterocycles. The number of ether oxygens (including phenoxy) is 2. The van der Waals surface area contributed by atoms with Crippen LogP contribution >= 0.6 is 0 Å². The second kappa shape index (κ2) is 17.0. The molecule has 0 atom stereocenters. The molecule has 0 bridgehead atoms. The first kappa shape index (κ1) is 39.4. The van der Waals surface area contributed by atoms with Crippen molar-refractivity contribution in [3.8, 4) is 17.2 Å². The summed E-state index contributed by atoms with van der Waals surface area (Å²) in [7, 11) is 1.65. The number of hydrogen-bond donors (Lipinski definition) is 2. The Hall–Kier alpha value is -5.06. The van der Waals surface area contributed by atoms with Crippen LogP contribution < -0.4 is 14.2 Å². The van der Waals surface area contributed by atoms with Crippen molar-refractivity contribution < 1.29 is 65.1 Å². The number of piperidine rings is 2. The van der Waals surface area contributed by atoms with E-state index in [-0.39, 0.29) is 11.6 Å². The average Bonchev–Trinajstić information content (AvgIpc) is 3.06. The summed E-state index contributed by atoms with van der Waals surface area (Å²) < 4.78 is 75.6. The molecule has 2 aliphatic rings. The minimum Gasteiger partial charge on any atom is -0.618 e. The molecule has 2 aliphatic heterocycles. The molecular formula is C33H35F6N3O8. The van der Waals surface area contributed by atoms with Gasteiger partial charge in [0.1, 0.15) is 5.75 Å². The number of carbonyl (C=O) groups excluding carboxylic acids is 1. The van der Waals surface area contributed by atoms with Gasteiger partial charge >= 0.3 is 30.2 Å². The van der Waals surface area contributed by atoms with E-state index in [4.69, 9.17) is 29.3 Å². The summed E-state index contributed by atoms with van der Waals surface area (Å²) in [6.45, 7) is 4.42. The van der Waals surface area contributed by atoms with Crippen molar-refractivity contribution in [2.45, 2.75) is 44.6 Å². The lowest BCUT2D eigenvalue weighted by Crippen LogP contribution is -2.50. The minimum absolute atomic E-state index is 0.159. The third-order valence-electron chi connectivity index (χ3n) is 8.16. The van der Waals surface area contributed by atoms with Crippen LogP contribution in [-0.2, 0) is 16.1 Å². The SMILES string of the molecule is COc1ccccc1Oc1cccc(CN2CCC3(CC2)CCN(C(=O)c2cccc[n+]2[O-])CC3)c1.O=C(O)C(F)(F)F.O=C(O)C(F)(F)F. The molecule has 0 saturated carbocycles. The van der Waals surface area contributed by atoms with E-state index in [2.05, 4.69) is 17.0 Å². The number of hydrogen-bond acceptors (Lipinski definition) is 7. The standard InChI is InChI=1S/C29H33N3O4.2C2HF3O2/c1-35-26-10-2-3-11-27(26)36-24-8-6-7-23(21-24)22-30-17-12-29(13-18-30)14-19-31(20-15-29)28(33)25-9-4-5-16-32(25)34;2*3-2(4,5)1(6)7/h2-11,16,21H,12-15,17-20,22H2,1H3;2*(H,6,7). The van der Waals surface area contributed by atoms with Crippen LogP contribution in [0.15, 0.2) is 72.9 Å². The molecule has 2 N–H and O–H groups in total. The number of alkyl halides is 6. The van der Waals surface area contributed by atoms with Gasteiger partial charge in [-0.2, -0.15) is 31.1 Å². The van der Waals surface area contributed by atoms with Crippen molar-refractivity contribution in [2.24, 2.45) is 5.41 Å². The number of pyridine rings is 1. The number of amides is 1. The van der Waals surface area contributed by atoms with E-state index in [0.717, 1.165) is 64.2 Å². The summed E-state index contributed by atoms with van der Waals surface area (Å²) in [5.41, 5.74) is 1.74. The summed E-state index contributed by atoms with van der Waals surface area (Å²) in [5, 5.41) is 26.2. The molecule has 3 aromatic rings. The molecule has 0 unspecified atom stereocenters. The maximum atomic E-state index is 12.8. The summed E-state index contributed by atoms with van der Waals surface area (Å²) in [6, 6.07) is 20.9. The Morgan fingerprint density at radius 2 is 1.32 bits per heavy atom. The normalized spacial score (nSPS) is 15.9. The zero-order valence-corrected chi connectivity index (χ0v) is 26.7. The second-order valence-corrected chi connectivity index (χ2v) is 11.5. The van der Waals surface area contributed by atoms with Gasteiger partial charge in [0.2, 0.25) is 0 Å². The number of nitrogens with zero attached hydrogens (tertiary/aromatic N) is 3. The minimum atomic E-state index is -5.08. The number of para-hydroxylation sites is 2. The van der Waals surface area contributed by atoms with E-state index < -0.39 is 24.3 Å². The fourth-order valence-electron chi connectivity index (χ4n) is 5.42. The highest BCUT2D eigenvalue weighted by Crippen LogP contribution is 2.42. The fourth-order valence-corrected chi connectivity index (χ4v) is 5.42. The van der Waals surface area contributed by atoms with Gasteiger partial charge in [0.05, 0.1) is 7.11 Å². The van der Waals surface area contributed by atoms with Gasteiger partial charge in [-0.15, -0.1) is 0 Å². The molecule has 2 aromatic carbocycles. The first-order valence-electron chi connectivity index (χ1n) is 15.1. The van der Waals surface area contributed by atoms with Crippen LogP contribution in [0.5, 0.6) is 17.2 Å². The Morgan fingerprint density at radius 3 is 1.84 bits per heavy atom. The molecule has 11 nitrogen and oxygen atoms in total. The number of carboxylic acids is 2. The van der Waals surface area contributed by atoms with Crippen molar-refractivity contribution in [2.75, 3.05) is 33.3 Å². The largest absolute Gasteiger partial charge is 0.618 e. The predicted molar refractivity (Wildman–Crippen MR) is 164 cm³/mol. The highest BCUT2D eigenvalue weighted by Gasteiger charge is 2.40. The number of aromatic nitrogens is 1. The third kappa shape index (κ3) is 11.5. The van der Waals surface area contributed by atoms with Gasteiger partial charge in [0, 0.05) is 31.8 Å². The third-order valence-corrected chi connectivity index (χ3v) is 8.16. The molecule has 1 aromatic heterocycles. The van der Waals surface area contributed by atoms with Gasteiger partial charge in [0.15, 0.2) is 17.7 Å². The topological polar surface area (TPSA) is 144 Å².